The minimum absolute atomic E-state index is 0.288. The molecule has 1 saturated heterocycles. The molecule has 0 bridgehead atoms. The fraction of sp³-hybridized carbons (Fsp3) is 0.391. The van der Waals surface area contributed by atoms with Crippen molar-refractivity contribution < 1.29 is 13.2 Å². The molecule has 0 amide bonds. The monoisotopic (exact) mass is 423 g/mol. The highest BCUT2D eigenvalue weighted by Gasteiger charge is 2.29. The summed E-state index contributed by atoms with van der Waals surface area (Å²) in [5.74, 6) is 1.07. The van der Waals surface area contributed by atoms with E-state index >= 15 is 0 Å². The third-order valence-corrected chi connectivity index (χ3v) is 6.60. The molecule has 0 aliphatic carbocycles. The minimum atomic E-state index is -3.20. The van der Waals surface area contributed by atoms with E-state index in [-0.39, 0.29) is 4.90 Å². The van der Waals surface area contributed by atoms with Gasteiger partial charge in [0.2, 0.25) is 0 Å². The maximum Gasteiger partial charge on any atom is 0.175 e. The highest BCUT2D eigenvalue weighted by molar-refractivity contribution is 7.90. The van der Waals surface area contributed by atoms with Crippen LogP contribution in [0.5, 0.6) is 5.75 Å². The summed E-state index contributed by atoms with van der Waals surface area (Å²) < 4.78 is 29.0. The van der Waals surface area contributed by atoms with Gasteiger partial charge in [0, 0.05) is 31.3 Å². The molecule has 2 atom stereocenters. The Bertz CT molecular complexity index is 1050. The molecule has 0 unspecified atom stereocenters. The van der Waals surface area contributed by atoms with Crippen molar-refractivity contribution in [3.63, 3.8) is 0 Å². The molecule has 7 heteroatoms. The van der Waals surface area contributed by atoms with Crippen molar-refractivity contribution in [2.45, 2.75) is 30.7 Å². The Morgan fingerprint density at radius 2 is 1.73 bits per heavy atom. The van der Waals surface area contributed by atoms with Gasteiger partial charge in [-0.2, -0.15) is 10.5 Å². The summed E-state index contributed by atoms with van der Waals surface area (Å²) in [6.07, 6.45) is 3.01. The first kappa shape index (κ1) is 21.8. The highest BCUT2D eigenvalue weighted by atomic mass is 32.2. The maximum absolute atomic E-state index is 11.5. The molecule has 1 fully saturated rings. The van der Waals surface area contributed by atoms with E-state index in [2.05, 4.69) is 24.0 Å². The van der Waals surface area contributed by atoms with Crippen molar-refractivity contribution in [3.05, 3.63) is 59.2 Å². The van der Waals surface area contributed by atoms with Gasteiger partial charge in [-0.3, -0.25) is 4.90 Å². The van der Waals surface area contributed by atoms with Crippen molar-refractivity contribution in [1.82, 2.24) is 4.90 Å². The van der Waals surface area contributed by atoms with Crippen LogP contribution in [0.3, 0.4) is 0 Å². The second-order valence-corrected chi connectivity index (χ2v) is 9.91. The maximum atomic E-state index is 11.5. The molecule has 0 radical (unpaired) electrons. The standard InChI is InChI=1S/C23H25N3O3S/c1-17-9-21(16-29-22-3-5-23(6-4-22)30(2,27)28)15-26(17)8-7-18-10-19(13-24)12-20(11-18)14-25/h3-6,10-12,17,21H,7-9,15-16H2,1-2H3/t17-,21+/m1/s1. The van der Waals surface area contributed by atoms with E-state index in [0.717, 1.165) is 31.5 Å². The topological polar surface area (TPSA) is 94.2 Å². The van der Waals surface area contributed by atoms with E-state index in [4.69, 9.17) is 15.3 Å². The first-order chi connectivity index (χ1) is 14.3. The van der Waals surface area contributed by atoms with Crippen molar-refractivity contribution in [1.29, 1.82) is 10.5 Å². The molecule has 1 heterocycles. The summed E-state index contributed by atoms with van der Waals surface area (Å²) in [5.41, 5.74) is 2.04. The molecular weight excluding hydrogens is 398 g/mol. The Morgan fingerprint density at radius 3 is 2.30 bits per heavy atom. The molecule has 0 spiro atoms. The number of rotatable bonds is 7. The summed E-state index contributed by atoms with van der Waals surface area (Å²) in [6, 6.07) is 16.5. The van der Waals surface area contributed by atoms with Gasteiger partial charge in [0.15, 0.2) is 9.84 Å². The van der Waals surface area contributed by atoms with Crippen LogP contribution < -0.4 is 4.74 Å². The fourth-order valence-electron chi connectivity index (χ4n) is 3.89. The first-order valence-electron chi connectivity index (χ1n) is 9.89. The number of hydrogen-bond donors (Lipinski definition) is 0. The number of benzene rings is 2. The van der Waals surface area contributed by atoms with E-state index in [0.29, 0.717) is 35.4 Å². The summed E-state index contributed by atoms with van der Waals surface area (Å²) in [4.78, 5) is 2.70. The van der Waals surface area contributed by atoms with Crippen LogP contribution in [0, 0.1) is 28.6 Å². The van der Waals surface area contributed by atoms with E-state index < -0.39 is 9.84 Å². The lowest BCUT2D eigenvalue weighted by Crippen LogP contribution is -2.29. The van der Waals surface area contributed by atoms with Crippen molar-refractivity contribution in [2.75, 3.05) is 26.0 Å². The summed E-state index contributed by atoms with van der Waals surface area (Å²) in [5, 5.41) is 18.3. The molecule has 1 aliphatic rings. The van der Waals surface area contributed by atoms with Gasteiger partial charge in [-0.05, 0) is 67.8 Å². The van der Waals surface area contributed by atoms with Gasteiger partial charge in [0.1, 0.15) is 5.75 Å². The Hall–Kier alpha value is -2.87. The van der Waals surface area contributed by atoms with Crippen LogP contribution in [-0.4, -0.2) is 45.3 Å². The molecule has 0 aromatic heterocycles. The van der Waals surface area contributed by atoms with Crippen LogP contribution in [0.25, 0.3) is 0 Å². The lowest BCUT2D eigenvalue weighted by molar-refractivity contribution is 0.234. The number of likely N-dealkylation sites (tertiary alicyclic amines) is 1. The Labute approximate surface area is 178 Å². The van der Waals surface area contributed by atoms with E-state index in [1.165, 1.54) is 6.26 Å². The molecule has 0 N–H and O–H groups in total. The predicted octanol–water partition coefficient (Wildman–Crippen LogP) is 3.17. The molecule has 30 heavy (non-hydrogen) atoms. The lowest BCUT2D eigenvalue weighted by Gasteiger charge is -2.21. The Morgan fingerprint density at radius 1 is 1.10 bits per heavy atom. The van der Waals surface area contributed by atoms with Gasteiger partial charge in [-0.15, -0.1) is 0 Å². The lowest BCUT2D eigenvalue weighted by atomic mass is 10.0. The van der Waals surface area contributed by atoms with Crippen molar-refractivity contribution in [2.24, 2.45) is 5.92 Å². The van der Waals surface area contributed by atoms with Gasteiger partial charge in [0.05, 0.1) is 34.8 Å². The molecule has 6 nitrogen and oxygen atoms in total. The van der Waals surface area contributed by atoms with E-state index in [9.17, 15) is 8.42 Å². The second-order valence-electron chi connectivity index (χ2n) is 7.89. The van der Waals surface area contributed by atoms with Crippen LogP contribution in [0.2, 0.25) is 0 Å². The first-order valence-corrected chi connectivity index (χ1v) is 11.8. The minimum Gasteiger partial charge on any atom is -0.493 e. The van der Waals surface area contributed by atoms with Gasteiger partial charge in [-0.25, -0.2) is 8.42 Å². The fourth-order valence-corrected chi connectivity index (χ4v) is 4.52. The van der Waals surface area contributed by atoms with Crippen LogP contribution in [0.15, 0.2) is 47.4 Å². The quantitative estimate of drug-likeness (QED) is 0.679. The number of sulfone groups is 1. The van der Waals surface area contributed by atoms with Crippen LogP contribution in [0.1, 0.15) is 30.0 Å². The third kappa shape index (κ3) is 5.60. The van der Waals surface area contributed by atoms with Gasteiger partial charge in [0.25, 0.3) is 0 Å². The highest BCUT2D eigenvalue weighted by Crippen LogP contribution is 2.25. The van der Waals surface area contributed by atoms with Crippen LogP contribution in [0.4, 0.5) is 0 Å². The molecule has 2 aromatic rings. The summed E-state index contributed by atoms with van der Waals surface area (Å²) in [6.45, 7) is 4.57. The third-order valence-electron chi connectivity index (χ3n) is 5.47. The second kappa shape index (κ2) is 9.30. The van der Waals surface area contributed by atoms with Crippen molar-refractivity contribution in [3.8, 4) is 17.9 Å². The van der Waals surface area contributed by atoms with E-state index in [1.807, 2.05) is 12.1 Å². The zero-order valence-electron chi connectivity index (χ0n) is 17.2. The predicted molar refractivity (Wildman–Crippen MR) is 114 cm³/mol. The summed E-state index contributed by atoms with van der Waals surface area (Å²) in [7, 11) is -3.20. The van der Waals surface area contributed by atoms with Gasteiger partial charge < -0.3 is 4.74 Å². The average molecular weight is 424 g/mol. The largest absolute Gasteiger partial charge is 0.493 e. The molecular formula is C23H25N3O3S. The molecule has 2 aromatic carbocycles. The molecule has 1 aliphatic heterocycles. The number of ether oxygens (including phenoxy) is 1. The zero-order chi connectivity index (χ0) is 21.7. The average Bonchev–Trinajstić information content (AvgIpc) is 3.09. The summed E-state index contributed by atoms with van der Waals surface area (Å²) >= 11 is 0. The molecule has 0 saturated carbocycles. The zero-order valence-corrected chi connectivity index (χ0v) is 18.0. The molecule has 156 valence electrons. The number of nitrogens with zero attached hydrogens (tertiary/aromatic N) is 3. The van der Waals surface area contributed by atoms with Crippen LogP contribution >= 0.6 is 0 Å². The van der Waals surface area contributed by atoms with Gasteiger partial charge in [-0.1, -0.05) is 0 Å². The number of nitriles is 2. The van der Waals surface area contributed by atoms with Gasteiger partial charge >= 0.3 is 0 Å². The molecule has 3 rings (SSSR count). The Kier molecular flexibility index (Phi) is 6.77. The smallest absolute Gasteiger partial charge is 0.175 e. The SMILES string of the molecule is C[C@@H]1C[C@H](COc2ccc(S(C)(=O)=O)cc2)CN1CCc1cc(C#N)cc(C#N)c1. The Balaban J connectivity index is 1.52. The normalized spacial score (nSPS) is 19.2. The number of hydrogen-bond acceptors (Lipinski definition) is 6. The van der Waals surface area contributed by atoms with Crippen LogP contribution in [-0.2, 0) is 16.3 Å². The van der Waals surface area contributed by atoms with Crippen molar-refractivity contribution >= 4 is 9.84 Å². The van der Waals surface area contributed by atoms with E-state index in [1.54, 1.807) is 30.3 Å².